The van der Waals surface area contributed by atoms with Crippen LogP contribution in [0, 0.1) is 6.92 Å². The number of rotatable bonds is 7. The summed E-state index contributed by atoms with van der Waals surface area (Å²) >= 11 is 0. The van der Waals surface area contributed by atoms with Crippen LogP contribution in [-0.2, 0) is 11.3 Å². The summed E-state index contributed by atoms with van der Waals surface area (Å²) in [5.74, 6) is 1.26. The molecule has 3 aromatic rings. The van der Waals surface area contributed by atoms with Crippen LogP contribution < -0.4 is 25.4 Å². The van der Waals surface area contributed by atoms with E-state index in [2.05, 4.69) is 15.3 Å². The van der Waals surface area contributed by atoms with E-state index in [1.807, 2.05) is 33.0 Å². The Bertz CT molecular complexity index is 1090. The second kappa shape index (κ2) is 8.40. The number of imidazole rings is 1. The molecular weight excluding hydrogens is 372 g/mol. The number of methoxy groups -OCH3 is 2. The number of quaternary nitrogens is 1. The highest BCUT2D eigenvalue weighted by atomic mass is 16.5. The second-order valence-corrected chi connectivity index (χ2v) is 7.21. The van der Waals surface area contributed by atoms with Crippen molar-refractivity contribution in [2.24, 2.45) is 0 Å². The third-order valence-electron chi connectivity index (χ3n) is 5.23. The second-order valence-electron chi connectivity index (χ2n) is 7.21. The Hall–Kier alpha value is -3.26. The van der Waals surface area contributed by atoms with E-state index in [-0.39, 0.29) is 17.6 Å². The summed E-state index contributed by atoms with van der Waals surface area (Å²) < 4.78 is 10.7. The Labute approximate surface area is 168 Å². The number of carbonyl (C=O) groups excluding carboxylic acids is 1. The Morgan fingerprint density at radius 2 is 1.76 bits per heavy atom. The van der Waals surface area contributed by atoms with Crippen LogP contribution in [0.25, 0.3) is 11.0 Å². The highest BCUT2D eigenvalue weighted by Crippen LogP contribution is 2.29. The summed E-state index contributed by atoms with van der Waals surface area (Å²) in [6.07, 6.45) is 0. The molecule has 0 aliphatic heterocycles. The van der Waals surface area contributed by atoms with Crippen LogP contribution in [0.2, 0.25) is 0 Å². The topological polar surface area (TPSA) is 101 Å². The Balaban J connectivity index is 1.71. The number of H-pyrrole nitrogens is 2. The largest absolute Gasteiger partial charge is 0.493 e. The van der Waals surface area contributed by atoms with Gasteiger partial charge in [0.1, 0.15) is 6.54 Å². The van der Waals surface area contributed by atoms with Crippen molar-refractivity contribution in [1.29, 1.82) is 0 Å². The lowest BCUT2D eigenvalue weighted by molar-refractivity contribution is -0.907. The smallest absolute Gasteiger partial charge is 0.323 e. The van der Waals surface area contributed by atoms with Crippen molar-refractivity contribution in [3.8, 4) is 11.5 Å². The first kappa shape index (κ1) is 20.5. The molecule has 0 fully saturated rings. The molecule has 2 aromatic carbocycles. The minimum atomic E-state index is -0.288. The van der Waals surface area contributed by atoms with E-state index in [4.69, 9.17) is 9.47 Å². The minimum absolute atomic E-state index is 0.0992. The van der Waals surface area contributed by atoms with Crippen molar-refractivity contribution in [3.63, 3.8) is 0 Å². The maximum absolute atomic E-state index is 12.7. The molecule has 8 heteroatoms. The lowest BCUT2D eigenvalue weighted by Crippen LogP contribution is -3.12. The third-order valence-corrected chi connectivity index (χ3v) is 5.23. The van der Waals surface area contributed by atoms with Crippen molar-refractivity contribution in [2.45, 2.75) is 26.4 Å². The number of aromatic amines is 2. The predicted octanol–water partition coefficient (Wildman–Crippen LogP) is 1.22. The molecule has 4 N–H and O–H groups in total. The van der Waals surface area contributed by atoms with Crippen molar-refractivity contribution in [3.05, 3.63) is 51.9 Å². The zero-order chi connectivity index (χ0) is 21.1. The molecule has 0 spiro atoms. The maximum atomic E-state index is 12.7. The number of fused-ring (bicyclic) bond motifs is 1. The molecule has 1 aromatic heterocycles. The van der Waals surface area contributed by atoms with Gasteiger partial charge in [-0.1, -0.05) is 0 Å². The van der Waals surface area contributed by atoms with Crippen LogP contribution in [0.15, 0.2) is 35.1 Å². The maximum Gasteiger partial charge on any atom is 0.323 e. The van der Waals surface area contributed by atoms with Gasteiger partial charge in [0.2, 0.25) is 0 Å². The van der Waals surface area contributed by atoms with Crippen LogP contribution in [-0.4, -0.2) is 43.2 Å². The van der Waals surface area contributed by atoms with Gasteiger partial charge >= 0.3 is 5.69 Å². The normalized spacial score (nSPS) is 13.1. The van der Waals surface area contributed by atoms with E-state index in [1.54, 1.807) is 32.4 Å². The number of hydrogen-bond acceptors (Lipinski definition) is 4. The lowest BCUT2D eigenvalue weighted by Gasteiger charge is -2.22. The SMILES string of the molecule is COc1cc(C)c(C[NH+](C)[C@H](C)C(=O)Nc2ccc3[nH]c(=O)[nH]c3c2)cc1OC. The number of nitrogens with one attached hydrogen (secondary N) is 4. The number of aromatic nitrogens is 2. The first-order chi connectivity index (χ1) is 13.8. The summed E-state index contributed by atoms with van der Waals surface area (Å²) in [4.78, 5) is 30.5. The molecule has 8 nitrogen and oxygen atoms in total. The van der Waals surface area contributed by atoms with Crippen LogP contribution in [0.5, 0.6) is 11.5 Å². The number of benzene rings is 2. The molecule has 1 amide bonds. The Kier molecular flexibility index (Phi) is 5.93. The molecule has 0 saturated carbocycles. The van der Waals surface area contributed by atoms with Crippen molar-refractivity contribution in [2.75, 3.05) is 26.6 Å². The number of anilines is 1. The zero-order valence-corrected chi connectivity index (χ0v) is 17.3. The number of aryl methyl sites for hydroxylation is 1. The molecule has 0 saturated heterocycles. The average Bonchev–Trinajstić information content (AvgIpc) is 3.07. The van der Waals surface area contributed by atoms with Crippen molar-refractivity contribution < 1.29 is 19.2 Å². The minimum Gasteiger partial charge on any atom is -0.493 e. The fraction of sp³-hybridized carbons (Fsp3) is 0.333. The molecule has 0 aliphatic rings. The van der Waals surface area contributed by atoms with Crippen LogP contribution in [0.3, 0.4) is 0 Å². The Morgan fingerprint density at radius 1 is 1.10 bits per heavy atom. The van der Waals surface area contributed by atoms with E-state index in [0.29, 0.717) is 34.8 Å². The predicted molar refractivity (Wildman–Crippen MR) is 112 cm³/mol. The molecule has 2 atom stereocenters. The molecule has 154 valence electrons. The van der Waals surface area contributed by atoms with Crippen LogP contribution in [0.4, 0.5) is 5.69 Å². The van der Waals surface area contributed by atoms with Gasteiger partial charge < -0.3 is 29.7 Å². The van der Waals surface area contributed by atoms with E-state index < -0.39 is 0 Å². The number of carbonyl (C=O) groups is 1. The van der Waals surface area contributed by atoms with Gasteiger partial charge in [0.25, 0.3) is 5.91 Å². The molecular formula is C21H27N4O4+. The van der Waals surface area contributed by atoms with Gasteiger partial charge in [0.05, 0.1) is 32.3 Å². The summed E-state index contributed by atoms with van der Waals surface area (Å²) in [5.41, 5.74) is 3.89. The van der Waals surface area contributed by atoms with Crippen LogP contribution >= 0.6 is 0 Å². The lowest BCUT2D eigenvalue weighted by atomic mass is 10.1. The number of hydrogen-bond donors (Lipinski definition) is 4. The van der Waals surface area contributed by atoms with Gasteiger partial charge in [-0.2, -0.15) is 0 Å². The zero-order valence-electron chi connectivity index (χ0n) is 17.3. The van der Waals surface area contributed by atoms with E-state index in [1.165, 1.54) is 0 Å². The van der Waals surface area contributed by atoms with E-state index in [0.717, 1.165) is 16.0 Å². The average molecular weight is 399 g/mol. The fourth-order valence-electron chi connectivity index (χ4n) is 3.25. The molecule has 0 bridgehead atoms. The highest BCUT2D eigenvalue weighted by Gasteiger charge is 2.23. The quantitative estimate of drug-likeness (QED) is 0.480. The summed E-state index contributed by atoms with van der Waals surface area (Å²) in [7, 11) is 5.20. The third kappa shape index (κ3) is 4.43. The molecule has 0 radical (unpaired) electrons. The Morgan fingerprint density at radius 3 is 2.45 bits per heavy atom. The van der Waals surface area contributed by atoms with Crippen molar-refractivity contribution in [1.82, 2.24) is 9.97 Å². The van der Waals surface area contributed by atoms with Gasteiger partial charge in [-0.3, -0.25) is 4.79 Å². The first-order valence-electron chi connectivity index (χ1n) is 9.39. The fourth-order valence-corrected chi connectivity index (χ4v) is 3.25. The summed E-state index contributed by atoms with van der Waals surface area (Å²) in [6.45, 7) is 4.56. The number of likely N-dealkylation sites (N-methyl/N-ethyl adjacent to an activating group) is 1. The van der Waals surface area contributed by atoms with Gasteiger partial charge in [0, 0.05) is 11.3 Å². The molecule has 3 rings (SSSR count). The van der Waals surface area contributed by atoms with E-state index >= 15 is 0 Å². The summed E-state index contributed by atoms with van der Waals surface area (Å²) in [6, 6.07) is 8.88. The first-order valence-corrected chi connectivity index (χ1v) is 9.39. The molecule has 1 heterocycles. The van der Waals surface area contributed by atoms with Gasteiger partial charge in [-0.25, -0.2) is 4.79 Å². The summed E-state index contributed by atoms with van der Waals surface area (Å²) in [5, 5.41) is 2.92. The standard InChI is InChI=1S/C21H26N4O4/c1-12-8-18(28-4)19(29-5)9-14(12)11-25(3)13(2)20(26)22-15-6-7-16-17(10-15)24-21(27)23-16/h6-10,13H,11H2,1-5H3,(H,22,26)(H2,23,24,27)/p+1/t13-/m1/s1. The highest BCUT2D eigenvalue weighted by molar-refractivity contribution is 5.95. The van der Waals surface area contributed by atoms with Crippen LogP contribution in [0.1, 0.15) is 18.1 Å². The molecule has 29 heavy (non-hydrogen) atoms. The van der Waals surface area contributed by atoms with Gasteiger partial charge in [0.15, 0.2) is 17.5 Å². The van der Waals surface area contributed by atoms with Gasteiger partial charge in [-0.15, -0.1) is 0 Å². The molecule has 0 aliphatic carbocycles. The monoisotopic (exact) mass is 399 g/mol. The van der Waals surface area contributed by atoms with Gasteiger partial charge in [-0.05, 0) is 49.7 Å². The van der Waals surface area contributed by atoms with E-state index in [9.17, 15) is 9.59 Å². The molecule has 1 unspecified atom stereocenters. The number of ether oxygens (including phenoxy) is 2. The van der Waals surface area contributed by atoms with Crippen molar-refractivity contribution >= 4 is 22.6 Å². The number of amides is 1.